The van der Waals surface area contributed by atoms with Gasteiger partial charge in [0.2, 0.25) is 0 Å². The lowest BCUT2D eigenvalue weighted by molar-refractivity contribution is -0.384. The van der Waals surface area contributed by atoms with Crippen molar-refractivity contribution >= 4 is 27.3 Å². The van der Waals surface area contributed by atoms with Gasteiger partial charge in [0, 0.05) is 16.6 Å². The molecule has 0 saturated heterocycles. The first-order valence-electron chi connectivity index (χ1n) is 3.92. The van der Waals surface area contributed by atoms with Gasteiger partial charge in [0.1, 0.15) is 5.69 Å². The standard InChI is InChI=1S/C8H10BrN3O2/c1-4(10)6-2-5(9)3-7(8(6)11)12(13)14/h2-4H,10-11H2,1H3. The minimum atomic E-state index is -0.522. The molecule has 0 saturated carbocycles. The average Bonchev–Trinajstić information content (AvgIpc) is 2.07. The molecule has 6 heteroatoms. The second-order valence-electron chi connectivity index (χ2n) is 2.97. The van der Waals surface area contributed by atoms with E-state index in [0.717, 1.165) is 0 Å². The van der Waals surface area contributed by atoms with Gasteiger partial charge in [-0.15, -0.1) is 0 Å². The number of benzene rings is 1. The Hall–Kier alpha value is -1.14. The summed E-state index contributed by atoms with van der Waals surface area (Å²) in [4.78, 5) is 10.1. The van der Waals surface area contributed by atoms with Crippen molar-refractivity contribution in [3.8, 4) is 0 Å². The monoisotopic (exact) mass is 259 g/mol. The van der Waals surface area contributed by atoms with Crippen LogP contribution in [0.5, 0.6) is 0 Å². The Morgan fingerprint density at radius 1 is 1.57 bits per heavy atom. The zero-order valence-electron chi connectivity index (χ0n) is 7.53. The molecule has 0 aliphatic carbocycles. The molecule has 4 N–H and O–H groups in total. The summed E-state index contributed by atoms with van der Waals surface area (Å²) in [5, 5.41) is 10.6. The van der Waals surface area contributed by atoms with E-state index in [0.29, 0.717) is 10.0 Å². The fraction of sp³-hybridized carbons (Fsp3) is 0.250. The molecule has 0 spiro atoms. The highest BCUT2D eigenvalue weighted by atomic mass is 79.9. The summed E-state index contributed by atoms with van der Waals surface area (Å²) in [6, 6.07) is 2.72. The van der Waals surface area contributed by atoms with Gasteiger partial charge >= 0.3 is 0 Å². The molecule has 0 aliphatic rings. The number of nitrogens with two attached hydrogens (primary N) is 2. The van der Waals surface area contributed by atoms with Gasteiger partial charge in [-0.05, 0) is 18.6 Å². The molecule has 0 radical (unpaired) electrons. The van der Waals surface area contributed by atoms with Crippen LogP contribution in [0.3, 0.4) is 0 Å². The lowest BCUT2D eigenvalue weighted by atomic mass is 10.1. The van der Waals surface area contributed by atoms with Crippen LogP contribution in [0.15, 0.2) is 16.6 Å². The summed E-state index contributed by atoms with van der Waals surface area (Å²) in [6.07, 6.45) is 0. The maximum atomic E-state index is 10.6. The molecule has 0 aliphatic heterocycles. The van der Waals surface area contributed by atoms with Crippen molar-refractivity contribution in [2.75, 3.05) is 5.73 Å². The first kappa shape index (κ1) is 10.9. The summed E-state index contributed by atoms with van der Waals surface area (Å²) in [5.74, 6) is 0. The minimum absolute atomic E-state index is 0.119. The van der Waals surface area contributed by atoms with Crippen molar-refractivity contribution in [1.29, 1.82) is 0 Å². The zero-order valence-corrected chi connectivity index (χ0v) is 9.11. The molecule has 0 heterocycles. The second kappa shape index (κ2) is 3.93. The van der Waals surface area contributed by atoms with Crippen molar-refractivity contribution in [3.05, 3.63) is 32.3 Å². The van der Waals surface area contributed by atoms with Crippen LogP contribution in [0, 0.1) is 10.1 Å². The van der Waals surface area contributed by atoms with E-state index in [4.69, 9.17) is 11.5 Å². The smallest absolute Gasteiger partial charge is 0.293 e. The highest BCUT2D eigenvalue weighted by molar-refractivity contribution is 9.10. The number of nitro benzene ring substituents is 1. The Balaban J connectivity index is 3.40. The molecule has 1 aromatic carbocycles. The van der Waals surface area contributed by atoms with E-state index >= 15 is 0 Å². The third kappa shape index (κ3) is 2.02. The van der Waals surface area contributed by atoms with Gasteiger partial charge in [-0.25, -0.2) is 0 Å². The number of nitrogen functional groups attached to an aromatic ring is 1. The number of rotatable bonds is 2. The van der Waals surface area contributed by atoms with Crippen molar-refractivity contribution < 1.29 is 4.92 Å². The Morgan fingerprint density at radius 3 is 2.57 bits per heavy atom. The minimum Gasteiger partial charge on any atom is -0.393 e. The Labute approximate surface area is 89.4 Å². The highest BCUT2D eigenvalue weighted by Crippen LogP contribution is 2.32. The van der Waals surface area contributed by atoms with E-state index in [-0.39, 0.29) is 17.4 Å². The fourth-order valence-corrected chi connectivity index (χ4v) is 1.62. The number of anilines is 1. The van der Waals surface area contributed by atoms with Gasteiger partial charge in [0.25, 0.3) is 5.69 Å². The maximum Gasteiger partial charge on any atom is 0.293 e. The van der Waals surface area contributed by atoms with Crippen LogP contribution >= 0.6 is 15.9 Å². The van der Waals surface area contributed by atoms with E-state index in [9.17, 15) is 10.1 Å². The van der Waals surface area contributed by atoms with E-state index in [1.165, 1.54) is 6.07 Å². The average molecular weight is 260 g/mol. The number of nitro groups is 1. The van der Waals surface area contributed by atoms with Gasteiger partial charge < -0.3 is 11.5 Å². The SMILES string of the molecule is CC(N)c1cc(Br)cc([N+](=O)[O-])c1N. The molecule has 1 unspecified atom stereocenters. The summed E-state index contributed by atoms with van der Waals surface area (Å²) < 4.78 is 0.603. The maximum absolute atomic E-state index is 10.6. The largest absolute Gasteiger partial charge is 0.393 e. The Morgan fingerprint density at radius 2 is 2.14 bits per heavy atom. The van der Waals surface area contributed by atoms with E-state index in [1.54, 1.807) is 13.0 Å². The molecule has 0 fully saturated rings. The third-order valence-electron chi connectivity index (χ3n) is 1.84. The molecule has 5 nitrogen and oxygen atoms in total. The van der Waals surface area contributed by atoms with Gasteiger partial charge in [0.05, 0.1) is 4.92 Å². The van der Waals surface area contributed by atoms with E-state index in [1.807, 2.05) is 0 Å². The number of hydrogen-bond acceptors (Lipinski definition) is 4. The van der Waals surface area contributed by atoms with Crippen LogP contribution < -0.4 is 11.5 Å². The Kier molecular flexibility index (Phi) is 3.07. The van der Waals surface area contributed by atoms with Crippen molar-refractivity contribution in [2.24, 2.45) is 5.73 Å². The number of hydrogen-bond donors (Lipinski definition) is 2. The van der Waals surface area contributed by atoms with Crippen LogP contribution in [-0.2, 0) is 0 Å². The summed E-state index contributed by atoms with van der Waals surface area (Å²) in [7, 11) is 0. The quantitative estimate of drug-likeness (QED) is 0.482. The molecule has 76 valence electrons. The fourth-order valence-electron chi connectivity index (χ4n) is 1.15. The van der Waals surface area contributed by atoms with Crippen LogP contribution in [-0.4, -0.2) is 4.92 Å². The molecule has 14 heavy (non-hydrogen) atoms. The predicted octanol–water partition coefficient (Wildman–Crippen LogP) is 1.96. The first-order valence-corrected chi connectivity index (χ1v) is 4.71. The van der Waals surface area contributed by atoms with Gasteiger partial charge in [-0.1, -0.05) is 15.9 Å². The summed E-state index contributed by atoms with van der Waals surface area (Å²) in [5.41, 5.74) is 11.8. The third-order valence-corrected chi connectivity index (χ3v) is 2.30. The summed E-state index contributed by atoms with van der Waals surface area (Å²) >= 11 is 3.17. The van der Waals surface area contributed by atoms with Crippen molar-refractivity contribution in [1.82, 2.24) is 0 Å². The zero-order chi connectivity index (χ0) is 10.9. The van der Waals surface area contributed by atoms with Gasteiger partial charge in [-0.3, -0.25) is 10.1 Å². The van der Waals surface area contributed by atoms with E-state index in [2.05, 4.69) is 15.9 Å². The molecule has 1 aromatic rings. The summed E-state index contributed by atoms with van der Waals surface area (Å²) in [6.45, 7) is 1.72. The van der Waals surface area contributed by atoms with Crippen LogP contribution in [0.2, 0.25) is 0 Å². The topological polar surface area (TPSA) is 95.2 Å². The first-order chi connectivity index (χ1) is 6.43. The molecule has 0 aromatic heterocycles. The van der Waals surface area contributed by atoms with Gasteiger partial charge in [0.15, 0.2) is 0 Å². The van der Waals surface area contributed by atoms with Crippen LogP contribution in [0.4, 0.5) is 11.4 Å². The predicted molar refractivity (Wildman–Crippen MR) is 57.8 cm³/mol. The number of halogens is 1. The molecule has 1 rings (SSSR count). The highest BCUT2D eigenvalue weighted by Gasteiger charge is 2.18. The van der Waals surface area contributed by atoms with Crippen LogP contribution in [0.25, 0.3) is 0 Å². The normalized spacial score (nSPS) is 12.5. The lowest BCUT2D eigenvalue weighted by Crippen LogP contribution is -2.09. The molecular formula is C8H10BrN3O2. The van der Waals surface area contributed by atoms with E-state index < -0.39 is 4.92 Å². The molecule has 0 bridgehead atoms. The van der Waals surface area contributed by atoms with Gasteiger partial charge in [-0.2, -0.15) is 0 Å². The molecule has 1 atom stereocenters. The number of nitrogens with zero attached hydrogens (tertiary/aromatic N) is 1. The molecule has 0 amide bonds. The van der Waals surface area contributed by atoms with Crippen molar-refractivity contribution in [3.63, 3.8) is 0 Å². The van der Waals surface area contributed by atoms with Crippen molar-refractivity contribution in [2.45, 2.75) is 13.0 Å². The van der Waals surface area contributed by atoms with Crippen LogP contribution in [0.1, 0.15) is 18.5 Å². The Bertz CT molecular complexity index is 379. The second-order valence-corrected chi connectivity index (χ2v) is 3.89. The molecular weight excluding hydrogens is 250 g/mol. The lowest BCUT2D eigenvalue weighted by Gasteiger charge is -2.09.